The van der Waals surface area contributed by atoms with Crippen molar-refractivity contribution in [1.29, 1.82) is 0 Å². The number of imide groups is 2. The second-order valence-corrected chi connectivity index (χ2v) is 7.79. The molecule has 4 amide bonds. The lowest BCUT2D eigenvalue weighted by molar-refractivity contribution is -0.122. The Kier molecular flexibility index (Phi) is 6.36. The normalized spacial score (nSPS) is 15.0. The van der Waals surface area contributed by atoms with Crippen LogP contribution in [0.3, 0.4) is 0 Å². The third-order valence-electron chi connectivity index (χ3n) is 5.44. The molecule has 0 saturated carbocycles. The molecule has 0 spiro atoms. The van der Waals surface area contributed by atoms with E-state index in [9.17, 15) is 14.4 Å². The van der Waals surface area contributed by atoms with Crippen molar-refractivity contribution in [2.75, 3.05) is 4.90 Å². The smallest absolute Gasteiger partial charge is 0.335 e. The lowest BCUT2D eigenvalue weighted by Crippen LogP contribution is -2.54. The van der Waals surface area contributed by atoms with Crippen molar-refractivity contribution < 1.29 is 19.1 Å². The quantitative estimate of drug-likeness (QED) is 0.441. The molecule has 0 radical (unpaired) electrons. The van der Waals surface area contributed by atoms with Gasteiger partial charge in [-0.1, -0.05) is 67.1 Å². The highest BCUT2D eigenvalue weighted by Crippen LogP contribution is 2.26. The molecular formula is C27H24N2O4. The minimum absolute atomic E-state index is 0.138. The fourth-order valence-corrected chi connectivity index (χ4v) is 3.50. The summed E-state index contributed by atoms with van der Waals surface area (Å²) in [6.45, 7) is 4.38. The van der Waals surface area contributed by atoms with Gasteiger partial charge in [0.05, 0.1) is 5.69 Å². The van der Waals surface area contributed by atoms with E-state index in [1.54, 1.807) is 30.3 Å². The van der Waals surface area contributed by atoms with Gasteiger partial charge >= 0.3 is 6.03 Å². The number of ether oxygens (including phenoxy) is 1. The fraction of sp³-hybridized carbons (Fsp3) is 0.148. The highest BCUT2D eigenvalue weighted by Gasteiger charge is 2.36. The van der Waals surface area contributed by atoms with E-state index in [-0.39, 0.29) is 5.57 Å². The molecule has 6 heteroatoms. The highest BCUT2D eigenvalue weighted by atomic mass is 16.5. The summed E-state index contributed by atoms with van der Waals surface area (Å²) in [5.74, 6) is -0.886. The summed E-state index contributed by atoms with van der Waals surface area (Å²) in [7, 11) is 0. The maximum absolute atomic E-state index is 13.2. The molecule has 3 aromatic rings. The average molecular weight is 440 g/mol. The Morgan fingerprint density at radius 1 is 0.879 bits per heavy atom. The first-order valence-electron chi connectivity index (χ1n) is 10.7. The van der Waals surface area contributed by atoms with E-state index in [4.69, 9.17) is 4.74 Å². The molecule has 0 unspecified atom stereocenters. The van der Waals surface area contributed by atoms with Gasteiger partial charge < -0.3 is 4.74 Å². The van der Waals surface area contributed by atoms with Gasteiger partial charge in [0.2, 0.25) is 0 Å². The predicted molar refractivity (Wildman–Crippen MR) is 127 cm³/mol. The number of para-hydroxylation sites is 1. The number of hydrogen-bond acceptors (Lipinski definition) is 4. The molecule has 0 atom stereocenters. The van der Waals surface area contributed by atoms with Crippen LogP contribution in [0.1, 0.15) is 29.2 Å². The van der Waals surface area contributed by atoms with E-state index in [1.165, 1.54) is 6.08 Å². The zero-order valence-electron chi connectivity index (χ0n) is 18.5. The summed E-state index contributed by atoms with van der Waals surface area (Å²) in [4.78, 5) is 39.1. The molecule has 166 valence electrons. The van der Waals surface area contributed by atoms with Gasteiger partial charge in [-0.3, -0.25) is 14.9 Å². The van der Waals surface area contributed by atoms with E-state index in [2.05, 4.69) is 5.32 Å². The first kappa shape index (κ1) is 22.0. The number of barbiturate groups is 1. The maximum Gasteiger partial charge on any atom is 0.335 e. The van der Waals surface area contributed by atoms with Gasteiger partial charge in [0, 0.05) is 5.56 Å². The average Bonchev–Trinajstić information content (AvgIpc) is 2.82. The van der Waals surface area contributed by atoms with E-state index in [0.29, 0.717) is 23.6 Å². The summed E-state index contributed by atoms with van der Waals surface area (Å²) in [6.07, 6.45) is 2.30. The van der Waals surface area contributed by atoms with E-state index >= 15 is 0 Å². The minimum atomic E-state index is -0.768. The summed E-state index contributed by atoms with van der Waals surface area (Å²) in [5.41, 5.74) is 4.07. The number of carbonyl (C=O) groups excluding carboxylic acids is 3. The fourth-order valence-electron chi connectivity index (χ4n) is 3.50. The number of hydrogen-bond donors (Lipinski definition) is 1. The molecule has 1 fully saturated rings. The van der Waals surface area contributed by atoms with Crippen LogP contribution in [0.15, 0.2) is 78.4 Å². The summed E-state index contributed by atoms with van der Waals surface area (Å²) in [6, 6.07) is 21.5. The number of nitrogens with one attached hydrogen (secondary N) is 1. The summed E-state index contributed by atoms with van der Waals surface area (Å²) < 4.78 is 5.97. The predicted octanol–water partition coefficient (Wildman–Crippen LogP) is 4.80. The second kappa shape index (κ2) is 9.53. The Morgan fingerprint density at radius 3 is 2.24 bits per heavy atom. The van der Waals surface area contributed by atoms with Gasteiger partial charge in [-0.15, -0.1) is 0 Å². The summed E-state index contributed by atoms with van der Waals surface area (Å²) >= 11 is 0. The number of aryl methyl sites for hydroxylation is 2. The molecule has 0 bridgehead atoms. The molecular weight excluding hydrogens is 416 g/mol. The third-order valence-corrected chi connectivity index (χ3v) is 5.44. The number of rotatable bonds is 6. The van der Waals surface area contributed by atoms with Gasteiger partial charge in [0.25, 0.3) is 11.8 Å². The van der Waals surface area contributed by atoms with Gasteiger partial charge in [-0.05, 0) is 48.7 Å². The molecule has 0 aliphatic carbocycles. The van der Waals surface area contributed by atoms with Crippen LogP contribution in [0, 0.1) is 6.92 Å². The van der Waals surface area contributed by atoms with Crippen LogP contribution in [0.4, 0.5) is 10.5 Å². The topological polar surface area (TPSA) is 75.7 Å². The third kappa shape index (κ3) is 4.85. The zero-order chi connectivity index (χ0) is 23.4. The molecule has 1 saturated heterocycles. The number of anilines is 1. The highest BCUT2D eigenvalue weighted by molar-refractivity contribution is 6.39. The molecule has 1 aliphatic rings. The number of carbonyl (C=O) groups is 3. The van der Waals surface area contributed by atoms with E-state index < -0.39 is 17.8 Å². The Hall–Kier alpha value is -4.19. The molecule has 1 heterocycles. The monoisotopic (exact) mass is 440 g/mol. The largest absolute Gasteiger partial charge is 0.488 e. The van der Waals surface area contributed by atoms with Crippen LogP contribution in [-0.4, -0.2) is 17.8 Å². The van der Waals surface area contributed by atoms with Gasteiger partial charge in [-0.25, -0.2) is 9.69 Å². The SMILES string of the molecule is CCc1ccc(N2C(=O)NC(=O)/C(=C/c3ccccc3OCc3ccc(C)cc3)C2=O)cc1. The molecule has 3 aromatic carbocycles. The Bertz CT molecular complexity index is 1230. The minimum Gasteiger partial charge on any atom is -0.488 e. The van der Waals surface area contributed by atoms with Crippen LogP contribution in [0.2, 0.25) is 0 Å². The van der Waals surface area contributed by atoms with Crippen LogP contribution in [-0.2, 0) is 22.6 Å². The Morgan fingerprint density at radius 2 is 1.55 bits per heavy atom. The van der Waals surface area contributed by atoms with Crippen LogP contribution in [0.5, 0.6) is 5.75 Å². The molecule has 1 aliphatic heterocycles. The lowest BCUT2D eigenvalue weighted by Gasteiger charge is -2.26. The van der Waals surface area contributed by atoms with Crippen molar-refractivity contribution >= 4 is 29.6 Å². The molecule has 1 N–H and O–H groups in total. The maximum atomic E-state index is 13.2. The van der Waals surface area contributed by atoms with Crippen LogP contribution in [0.25, 0.3) is 6.08 Å². The van der Waals surface area contributed by atoms with E-state index in [1.807, 2.05) is 56.3 Å². The number of urea groups is 1. The van der Waals surface area contributed by atoms with Crippen molar-refractivity contribution in [1.82, 2.24) is 5.32 Å². The molecule has 6 nitrogen and oxygen atoms in total. The second-order valence-electron chi connectivity index (χ2n) is 7.79. The Labute approximate surface area is 192 Å². The van der Waals surface area contributed by atoms with Gasteiger partial charge in [-0.2, -0.15) is 0 Å². The standard InChI is InChI=1S/C27H24N2O4/c1-3-19-12-14-22(15-13-19)29-26(31)23(25(30)28-27(29)32)16-21-6-4-5-7-24(21)33-17-20-10-8-18(2)9-11-20/h4-16H,3,17H2,1-2H3,(H,28,30,32)/b23-16-. The number of benzene rings is 3. The van der Waals surface area contributed by atoms with Crippen molar-refractivity contribution in [3.63, 3.8) is 0 Å². The lowest BCUT2D eigenvalue weighted by atomic mass is 10.1. The van der Waals surface area contributed by atoms with Gasteiger partial charge in [0.15, 0.2) is 0 Å². The van der Waals surface area contributed by atoms with Crippen molar-refractivity contribution in [3.05, 3.63) is 101 Å². The molecule has 4 rings (SSSR count). The van der Waals surface area contributed by atoms with Crippen LogP contribution < -0.4 is 15.0 Å². The molecule has 33 heavy (non-hydrogen) atoms. The molecule has 0 aromatic heterocycles. The number of amides is 4. The van der Waals surface area contributed by atoms with Gasteiger partial charge in [0.1, 0.15) is 17.9 Å². The first-order chi connectivity index (χ1) is 16.0. The van der Waals surface area contributed by atoms with Crippen molar-refractivity contribution in [2.24, 2.45) is 0 Å². The zero-order valence-corrected chi connectivity index (χ0v) is 18.5. The van der Waals surface area contributed by atoms with Crippen molar-refractivity contribution in [2.45, 2.75) is 26.9 Å². The Balaban J connectivity index is 1.62. The number of nitrogens with zero attached hydrogens (tertiary/aromatic N) is 1. The first-order valence-corrected chi connectivity index (χ1v) is 10.7. The van der Waals surface area contributed by atoms with Crippen molar-refractivity contribution in [3.8, 4) is 5.75 Å². The summed E-state index contributed by atoms with van der Waals surface area (Å²) in [5, 5.41) is 2.26. The van der Waals surface area contributed by atoms with Crippen LogP contribution >= 0.6 is 0 Å². The van der Waals surface area contributed by atoms with E-state index in [0.717, 1.165) is 28.0 Å².